The highest BCUT2D eigenvalue weighted by molar-refractivity contribution is 7.66. The molecule has 1 aliphatic rings. The van der Waals surface area contributed by atoms with Crippen molar-refractivity contribution in [2.24, 2.45) is 0 Å². The third-order valence-corrected chi connectivity index (χ3v) is 7.61. The van der Waals surface area contributed by atoms with Gasteiger partial charge in [-0.15, -0.1) is 0 Å². The largest absolute Gasteiger partial charge is 0.490 e. The molecule has 2 rings (SSSR count). The first-order chi connectivity index (χ1) is 14.4. The fraction of sp³-hybridized carbons (Fsp3) is 0.600. The quantitative estimate of drug-likeness (QED) is 0.169. The summed E-state index contributed by atoms with van der Waals surface area (Å²) in [5.41, 5.74) is -5.83. The maximum absolute atomic E-state index is 13.5. The van der Waals surface area contributed by atoms with Gasteiger partial charge >= 0.3 is 29.2 Å². The van der Waals surface area contributed by atoms with Crippen molar-refractivity contribution in [2.75, 3.05) is 13.3 Å². The van der Waals surface area contributed by atoms with Gasteiger partial charge in [0.05, 0.1) is 12.8 Å². The molecule has 1 fully saturated rings. The fourth-order valence-electron chi connectivity index (χ4n) is 2.51. The van der Waals surface area contributed by atoms with Crippen molar-refractivity contribution in [1.29, 1.82) is 0 Å². The molecule has 2 heterocycles. The molecule has 0 radical (unpaired) electrons. The van der Waals surface area contributed by atoms with E-state index in [9.17, 15) is 47.2 Å². The lowest BCUT2D eigenvalue weighted by molar-refractivity contribution is -0.121. The van der Waals surface area contributed by atoms with Crippen LogP contribution in [0.4, 0.5) is 8.78 Å². The number of aliphatic hydroxyl groups excluding tert-OH is 1. The van der Waals surface area contributed by atoms with Gasteiger partial charge in [0, 0.05) is 0 Å². The van der Waals surface area contributed by atoms with Crippen molar-refractivity contribution in [2.45, 2.75) is 24.0 Å². The summed E-state index contributed by atoms with van der Waals surface area (Å²) in [6, 6.07) is 0. The number of alkyl halides is 1. The molecule has 1 saturated heterocycles. The molecule has 0 saturated carbocycles. The number of aliphatic hydroxyl groups is 2. The van der Waals surface area contributed by atoms with Crippen molar-refractivity contribution < 1.29 is 70.1 Å². The molecule has 1 aromatic heterocycles. The van der Waals surface area contributed by atoms with Crippen molar-refractivity contribution >= 4 is 23.5 Å². The van der Waals surface area contributed by atoms with Crippen LogP contribution in [0.3, 0.4) is 0 Å². The zero-order valence-electron chi connectivity index (χ0n) is 15.1. The first-order valence-corrected chi connectivity index (χ1v) is 12.3. The molecule has 1 aromatic rings. The third kappa shape index (κ3) is 6.24. The van der Waals surface area contributed by atoms with Crippen LogP contribution in [0.15, 0.2) is 15.8 Å². The van der Waals surface area contributed by atoms with Crippen LogP contribution < -0.4 is 11.2 Å². The first kappa shape index (κ1) is 27.1. The van der Waals surface area contributed by atoms with E-state index in [2.05, 4.69) is 13.1 Å². The Kier molecular flexibility index (Phi) is 7.81. The molecular weight excluding hydrogens is 519 g/mol. The van der Waals surface area contributed by atoms with E-state index in [1.807, 2.05) is 0 Å². The Bertz CT molecular complexity index is 1120. The number of nitrogens with zero attached hydrogens (tertiary/aromatic N) is 1. The van der Waals surface area contributed by atoms with E-state index in [1.165, 1.54) is 4.98 Å². The highest BCUT2D eigenvalue weighted by atomic mass is 31.3. The molecule has 22 heteroatoms. The van der Waals surface area contributed by atoms with Gasteiger partial charge in [-0.3, -0.25) is 18.9 Å². The minimum atomic E-state index is -5.85. The fourth-order valence-corrected chi connectivity index (χ4v) is 5.54. The summed E-state index contributed by atoms with van der Waals surface area (Å²) in [7, 11) is -17.2. The van der Waals surface area contributed by atoms with E-state index in [0.29, 0.717) is 0 Å². The second-order valence-corrected chi connectivity index (χ2v) is 10.5. The zero-order chi connectivity index (χ0) is 24.7. The predicted octanol–water partition coefficient (Wildman–Crippen LogP) is -2.02. The van der Waals surface area contributed by atoms with Crippen LogP contribution in [0.5, 0.6) is 0 Å². The van der Waals surface area contributed by atoms with Crippen LogP contribution in [0, 0.1) is 5.82 Å². The van der Waals surface area contributed by atoms with E-state index in [4.69, 9.17) is 19.4 Å². The molecular formula is C10H15F2N2O15P3. The standard InChI is InChI=1S/C10H15F2N2O15P3/c11-3-10(18)6(15)5(27-8(10)14-1-4(12)7(16)13-9(14)17)2-26-31(22,23)29-32(24,25)28-30(19,20)21/h1,5-6,8,15,18H,2-3H2,(H,22,23)(H,24,25)(H,13,16,17)(H2,19,20,21)/t5-,6?,8-,10-/m1/s1. The Balaban J connectivity index is 2.22. The van der Waals surface area contributed by atoms with Crippen LogP contribution >= 0.6 is 23.5 Å². The number of rotatable bonds is 9. The Morgan fingerprint density at radius 1 is 1.16 bits per heavy atom. The van der Waals surface area contributed by atoms with Gasteiger partial charge in [-0.2, -0.15) is 13.0 Å². The summed E-state index contributed by atoms with van der Waals surface area (Å²) in [6.07, 6.45) is -6.26. The number of aromatic amines is 1. The lowest BCUT2D eigenvalue weighted by Gasteiger charge is -2.28. The molecule has 1 aliphatic heterocycles. The summed E-state index contributed by atoms with van der Waals surface area (Å²) in [6.45, 7) is -3.14. The number of nitrogens with one attached hydrogen (secondary N) is 1. The monoisotopic (exact) mass is 534 g/mol. The van der Waals surface area contributed by atoms with Gasteiger partial charge in [-0.25, -0.2) is 22.9 Å². The van der Waals surface area contributed by atoms with Gasteiger partial charge in [-0.05, 0) is 0 Å². The number of hydrogen-bond acceptors (Lipinski definition) is 11. The normalized spacial score (nSPS) is 30.1. The van der Waals surface area contributed by atoms with E-state index >= 15 is 0 Å². The summed E-state index contributed by atoms with van der Waals surface area (Å²) >= 11 is 0. The lowest BCUT2D eigenvalue weighted by atomic mass is 9.95. The zero-order valence-corrected chi connectivity index (χ0v) is 17.8. The molecule has 184 valence electrons. The molecule has 0 aliphatic carbocycles. The molecule has 7 N–H and O–H groups in total. The highest BCUT2D eigenvalue weighted by Gasteiger charge is 2.57. The first-order valence-electron chi connectivity index (χ1n) is 7.82. The van der Waals surface area contributed by atoms with E-state index in [-0.39, 0.29) is 10.8 Å². The Hall–Kier alpha value is -1.17. The van der Waals surface area contributed by atoms with Crippen molar-refractivity contribution in [1.82, 2.24) is 9.55 Å². The SMILES string of the molecule is O=c1[nH]c(=O)n([C@@H]2O[C@H](COP(=O)(O)OP(=O)(O)OP(=O)(O)O)C(O)[C@]2(O)CF)cc1F. The summed E-state index contributed by atoms with van der Waals surface area (Å²) in [5, 5.41) is 20.5. The number of ether oxygens (including phenoxy) is 1. The van der Waals surface area contributed by atoms with Crippen LogP contribution in [0.2, 0.25) is 0 Å². The number of halogens is 2. The molecule has 0 aromatic carbocycles. The summed E-state index contributed by atoms with van der Waals surface area (Å²) in [4.78, 5) is 59.8. The average molecular weight is 534 g/mol. The van der Waals surface area contributed by atoms with E-state index in [0.717, 1.165) is 0 Å². The van der Waals surface area contributed by atoms with Crippen molar-refractivity contribution in [3.63, 3.8) is 0 Å². The minimum absolute atomic E-state index is 0.171. The predicted molar refractivity (Wildman–Crippen MR) is 91.9 cm³/mol. The molecule has 3 unspecified atom stereocenters. The second kappa shape index (κ2) is 9.23. The molecule has 6 atom stereocenters. The summed E-state index contributed by atoms with van der Waals surface area (Å²) < 4.78 is 76.9. The van der Waals surface area contributed by atoms with Crippen LogP contribution in [-0.2, 0) is 31.6 Å². The minimum Gasteiger partial charge on any atom is -0.387 e. The van der Waals surface area contributed by atoms with Crippen LogP contribution in [0.25, 0.3) is 0 Å². The number of phosphoric acid groups is 3. The maximum atomic E-state index is 13.5. The number of phosphoric ester groups is 1. The van der Waals surface area contributed by atoms with Crippen molar-refractivity contribution in [3.8, 4) is 0 Å². The van der Waals surface area contributed by atoms with Gasteiger partial charge < -0.3 is 34.5 Å². The maximum Gasteiger partial charge on any atom is 0.490 e. The molecule has 32 heavy (non-hydrogen) atoms. The topological polar surface area (TPSA) is 264 Å². The Morgan fingerprint density at radius 2 is 1.75 bits per heavy atom. The third-order valence-electron chi connectivity index (χ3n) is 3.80. The Morgan fingerprint density at radius 3 is 2.28 bits per heavy atom. The smallest absolute Gasteiger partial charge is 0.387 e. The molecule has 17 nitrogen and oxygen atoms in total. The second-order valence-electron chi connectivity index (χ2n) is 6.13. The lowest BCUT2D eigenvalue weighted by Crippen LogP contribution is -2.51. The van der Waals surface area contributed by atoms with E-state index in [1.54, 1.807) is 0 Å². The average Bonchev–Trinajstić information content (AvgIpc) is 2.85. The molecule has 0 amide bonds. The van der Waals surface area contributed by atoms with Crippen LogP contribution in [-0.4, -0.2) is 70.4 Å². The van der Waals surface area contributed by atoms with Gasteiger partial charge in [0.1, 0.15) is 18.9 Å². The number of H-pyrrole nitrogens is 1. The van der Waals surface area contributed by atoms with Gasteiger partial charge in [0.2, 0.25) is 5.82 Å². The number of hydrogen-bond donors (Lipinski definition) is 7. The number of aromatic nitrogens is 2. The van der Waals surface area contributed by atoms with E-state index < -0.39 is 77.9 Å². The molecule has 0 spiro atoms. The van der Waals surface area contributed by atoms with Gasteiger partial charge in [0.25, 0.3) is 5.56 Å². The van der Waals surface area contributed by atoms with Crippen LogP contribution in [0.1, 0.15) is 6.23 Å². The highest BCUT2D eigenvalue weighted by Crippen LogP contribution is 2.66. The van der Waals surface area contributed by atoms with Gasteiger partial charge in [-0.1, -0.05) is 0 Å². The van der Waals surface area contributed by atoms with Crippen molar-refractivity contribution in [3.05, 3.63) is 32.9 Å². The van der Waals surface area contributed by atoms with Gasteiger partial charge in [0.15, 0.2) is 11.8 Å². The summed E-state index contributed by atoms with van der Waals surface area (Å²) in [5.74, 6) is -1.55. The Labute approximate surface area is 174 Å². The molecule has 0 bridgehead atoms.